The molecule has 2 aliphatic rings. The summed E-state index contributed by atoms with van der Waals surface area (Å²) < 4.78 is 52.6. The summed E-state index contributed by atoms with van der Waals surface area (Å²) in [6.45, 7) is 3.44. The molecule has 1 N–H and O–H groups in total. The lowest BCUT2D eigenvalue weighted by Crippen LogP contribution is -2.36. The van der Waals surface area contributed by atoms with Crippen molar-refractivity contribution in [1.82, 2.24) is 14.9 Å². The molecule has 0 unspecified atom stereocenters. The molecule has 9 nitrogen and oxygen atoms in total. The molecular weight excluding hydrogens is 613 g/mol. The topological polar surface area (TPSA) is 105 Å². The first kappa shape index (κ1) is 31.8. The number of carbonyl (C=O) groups is 2. The number of alkyl halides is 3. The van der Waals surface area contributed by atoms with Crippen molar-refractivity contribution in [2.24, 2.45) is 0 Å². The van der Waals surface area contributed by atoms with Gasteiger partial charge in [0.25, 0.3) is 0 Å². The Labute approximate surface area is 269 Å². The van der Waals surface area contributed by atoms with E-state index in [4.69, 9.17) is 14.5 Å². The van der Waals surface area contributed by atoms with E-state index in [0.717, 1.165) is 28.8 Å². The fraction of sp³-hybridized carbons (Fsp3) is 0.314. The first-order chi connectivity index (χ1) is 22.2. The molecule has 12 heteroatoms. The molecule has 3 aromatic carbocycles. The van der Waals surface area contributed by atoms with Gasteiger partial charge in [-0.15, -0.1) is 0 Å². The maximum atomic E-state index is 13.7. The number of carboxylic acid groups (broad SMARTS) is 1. The van der Waals surface area contributed by atoms with Crippen molar-refractivity contribution in [2.75, 3.05) is 26.1 Å². The van der Waals surface area contributed by atoms with Crippen molar-refractivity contribution >= 4 is 18.0 Å². The lowest BCUT2D eigenvalue weighted by Gasteiger charge is -2.26. The fourth-order valence-corrected chi connectivity index (χ4v) is 6.31. The van der Waals surface area contributed by atoms with Crippen LogP contribution in [0.15, 0.2) is 60.8 Å². The molecule has 1 aliphatic heterocycles. The minimum atomic E-state index is -4.54. The van der Waals surface area contributed by atoms with Crippen LogP contribution >= 0.6 is 0 Å². The number of carboxylic acids is 1. The predicted octanol–water partition coefficient (Wildman–Crippen LogP) is 7.45. The van der Waals surface area contributed by atoms with Crippen LogP contribution in [-0.2, 0) is 17.5 Å². The van der Waals surface area contributed by atoms with Gasteiger partial charge in [-0.1, -0.05) is 23.8 Å². The Balaban J connectivity index is 1.42. The third-order valence-electron chi connectivity index (χ3n) is 8.79. The number of anilines is 1. The molecule has 2 fully saturated rings. The normalized spacial score (nSPS) is 16.7. The highest BCUT2D eigenvalue weighted by atomic mass is 19.4. The smallest absolute Gasteiger partial charge is 0.416 e. The summed E-state index contributed by atoms with van der Waals surface area (Å²) >= 11 is 0. The largest absolute Gasteiger partial charge is 0.496 e. The van der Waals surface area contributed by atoms with Gasteiger partial charge in [0.1, 0.15) is 5.75 Å². The lowest BCUT2D eigenvalue weighted by atomic mass is 9.94. The summed E-state index contributed by atoms with van der Waals surface area (Å²) in [7, 11) is 5.13. The number of amides is 1. The molecule has 6 rings (SSSR count). The van der Waals surface area contributed by atoms with Crippen molar-refractivity contribution in [3.63, 3.8) is 0 Å². The second-order valence-electron chi connectivity index (χ2n) is 12.3. The zero-order valence-corrected chi connectivity index (χ0v) is 26.5. The Kier molecular flexibility index (Phi) is 7.85. The van der Waals surface area contributed by atoms with E-state index in [1.165, 1.54) is 0 Å². The Bertz CT molecular complexity index is 1910. The molecule has 1 amide bonds. The maximum absolute atomic E-state index is 13.7. The number of aromatic nitrogens is 2. The molecule has 1 aliphatic carbocycles. The minimum absolute atomic E-state index is 0.0195. The molecule has 0 bridgehead atoms. The van der Waals surface area contributed by atoms with Crippen LogP contribution in [-0.4, -0.2) is 58.8 Å². The minimum Gasteiger partial charge on any atom is -0.496 e. The number of benzene rings is 3. The van der Waals surface area contributed by atoms with Gasteiger partial charge in [-0.25, -0.2) is 19.6 Å². The van der Waals surface area contributed by atoms with Crippen molar-refractivity contribution in [3.8, 4) is 28.0 Å². The fourth-order valence-electron chi connectivity index (χ4n) is 6.31. The maximum Gasteiger partial charge on any atom is 0.416 e. The molecular formula is C35H33F3N4O5. The van der Waals surface area contributed by atoms with Gasteiger partial charge in [-0.2, -0.15) is 13.2 Å². The second-order valence-corrected chi connectivity index (χ2v) is 12.3. The third-order valence-corrected chi connectivity index (χ3v) is 8.79. The van der Waals surface area contributed by atoms with Crippen LogP contribution in [0.25, 0.3) is 22.3 Å². The summed E-state index contributed by atoms with van der Waals surface area (Å²) in [6.07, 6.45) is -3.26. The van der Waals surface area contributed by atoms with Gasteiger partial charge in [-0.05, 0) is 85.3 Å². The van der Waals surface area contributed by atoms with E-state index in [2.05, 4.69) is 4.98 Å². The molecule has 2 heterocycles. The van der Waals surface area contributed by atoms with Gasteiger partial charge in [0.05, 0.1) is 36.0 Å². The summed E-state index contributed by atoms with van der Waals surface area (Å²) in [5.74, 6) is -0.0861. The van der Waals surface area contributed by atoms with Gasteiger partial charge in [0.15, 0.2) is 6.10 Å². The van der Waals surface area contributed by atoms with Crippen LogP contribution < -0.4 is 9.64 Å². The standard InChI is InChI=1S/C35H33F3N4O5/c1-19-12-23(15-24(13-19)35(36,37)38)30-34(10-11-34)42(33(45)47-30)18-28-27(17-39-32(40-28)41(3)4)26-16-21(7-9-29(26)46-5)25-8-6-22(31(43)44)14-20(25)2/h6-9,12-17,30H,10-11,18H2,1-5H3,(H,43,44)/t30-/m1/s1. The molecule has 47 heavy (non-hydrogen) atoms. The predicted molar refractivity (Wildman–Crippen MR) is 168 cm³/mol. The average molecular weight is 647 g/mol. The quantitative estimate of drug-likeness (QED) is 0.211. The molecule has 1 spiro atoms. The van der Waals surface area contributed by atoms with E-state index in [9.17, 15) is 27.9 Å². The average Bonchev–Trinajstić information content (AvgIpc) is 3.77. The molecule has 244 valence electrons. The van der Waals surface area contributed by atoms with Gasteiger partial charge in [-0.3, -0.25) is 4.90 Å². The Morgan fingerprint density at radius 1 is 1.06 bits per heavy atom. The zero-order chi connectivity index (χ0) is 33.8. The molecule has 1 atom stereocenters. The highest BCUT2D eigenvalue weighted by Crippen LogP contribution is 2.58. The van der Waals surface area contributed by atoms with Crippen LogP contribution in [0.3, 0.4) is 0 Å². The van der Waals surface area contributed by atoms with Crippen LogP contribution in [0.4, 0.5) is 23.9 Å². The number of rotatable bonds is 8. The first-order valence-corrected chi connectivity index (χ1v) is 14.9. The number of carbonyl (C=O) groups excluding carboxylic acids is 1. The monoisotopic (exact) mass is 646 g/mol. The van der Waals surface area contributed by atoms with Crippen LogP contribution in [0.5, 0.6) is 5.75 Å². The highest BCUT2D eigenvalue weighted by molar-refractivity contribution is 5.89. The zero-order valence-electron chi connectivity index (χ0n) is 26.5. The van der Waals surface area contributed by atoms with Crippen molar-refractivity contribution in [1.29, 1.82) is 0 Å². The van der Waals surface area contributed by atoms with Crippen LogP contribution in [0, 0.1) is 13.8 Å². The molecule has 1 saturated heterocycles. The van der Waals surface area contributed by atoms with Crippen LogP contribution in [0.1, 0.15) is 57.3 Å². The summed E-state index contributed by atoms with van der Waals surface area (Å²) in [6, 6.07) is 14.3. The van der Waals surface area contributed by atoms with Crippen molar-refractivity contribution in [3.05, 3.63) is 94.3 Å². The van der Waals surface area contributed by atoms with Gasteiger partial charge >= 0.3 is 18.2 Å². The van der Waals surface area contributed by atoms with E-state index in [1.807, 2.05) is 19.1 Å². The van der Waals surface area contributed by atoms with E-state index in [1.54, 1.807) is 74.5 Å². The number of cyclic esters (lactones) is 1. The van der Waals surface area contributed by atoms with Gasteiger partial charge < -0.3 is 19.5 Å². The summed E-state index contributed by atoms with van der Waals surface area (Å²) in [5.41, 5.74) is 3.45. The molecule has 0 radical (unpaired) electrons. The van der Waals surface area contributed by atoms with E-state index >= 15 is 0 Å². The Hall–Kier alpha value is -5.13. The molecule has 1 aromatic heterocycles. The summed E-state index contributed by atoms with van der Waals surface area (Å²) in [4.78, 5) is 37.7. The van der Waals surface area contributed by atoms with Gasteiger partial charge in [0.2, 0.25) is 5.95 Å². The first-order valence-electron chi connectivity index (χ1n) is 14.9. The lowest BCUT2D eigenvalue weighted by molar-refractivity contribution is -0.137. The number of ether oxygens (including phenoxy) is 2. The Morgan fingerprint density at radius 2 is 1.81 bits per heavy atom. The van der Waals surface area contributed by atoms with Gasteiger partial charge in [0, 0.05) is 31.4 Å². The SMILES string of the molecule is COc1ccc(-c2ccc(C(=O)O)cc2C)cc1-c1cnc(N(C)C)nc1CN1C(=O)O[C@H](c2cc(C)cc(C(F)(F)F)c2)C12CC2. The van der Waals surface area contributed by atoms with Crippen LogP contribution in [0.2, 0.25) is 0 Å². The number of aryl methyl sites for hydroxylation is 2. The molecule has 4 aromatic rings. The van der Waals surface area contributed by atoms with E-state index < -0.39 is 35.4 Å². The second kappa shape index (κ2) is 11.6. The van der Waals surface area contributed by atoms with E-state index in [0.29, 0.717) is 52.5 Å². The van der Waals surface area contributed by atoms with Crippen molar-refractivity contribution in [2.45, 2.75) is 51.1 Å². The Morgan fingerprint density at radius 3 is 2.43 bits per heavy atom. The third kappa shape index (κ3) is 5.84. The van der Waals surface area contributed by atoms with Crippen molar-refractivity contribution < 1.29 is 37.3 Å². The molecule has 1 saturated carbocycles. The number of methoxy groups -OCH3 is 1. The number of hydrogen-bond donors (Lipinski definition) is 1. The number of hydrogen-bond acceptors (Lipinski definition) is 7. The summed E-state index contributed by atoms with van der Waals surface area (Å²) in [5, 5.41) is 9.42. The number of halogens is 3. The number of nitrogens with zero attached hydrogens (tertiary/aromatic N) is 4. The highest BCUT2D eigenvalue weighted by Gasteiger charge is 2.63. The number of aromatic carboxylic acids is 1. The van der Waals surface area contributed by atoms with E-state index in [-0.39, 0.29) is 12.1 Å².